The van der Waals surface area contributed by atoms with Crippen LogP contribution in [0.25, 0.3) is 5.57 Å². The highest BCUT2D eigenvalue weighted by Gasteiger charge is 2.42. The van der Waals surface area contributed by atoms with Crippen LogP contribution >= 0.6 is 11.3 Å². The number of rotatable bonds is 2. The van der Waals surface area contributed by atoms with Crippen LogP contribution in [0.3, 0.4) is 0 Å². The molecule has 27 heavy (non-hydrogen) atoms. The summed E-state index contributed by atoms with van der Waals surface area (Å²) in [5, 5.41) is 0.740. The number of amides is 3. The average Bonchev–Trinajstić information content (AvgIpc) is 2.95. The molecule has 1 saturated heterocycles. The van der Waals surface area contributed by atoms with E-state index in [1.807, 2.05) is 26.8 Å². The molecule has 0 unspecified atom stereocenters. The summed E-state index contributed by atoms with van der Waals surface area (Å²) < 4.78 is 5.17. The van der Waals surface area contributed by atoms with Crippen LogP contribution in [0.15, 0.2) is 22.8 Å². The Labute approximate surface area is 163 Å². The standard InChI is InChI=1S/C20H26N2O4S/c1-10(2)15-16(12(4)14-9-11(3)27-13(14)5)18(24)22(17(15)23)21-19(25)26-20(6,7)8/h9H,1-8H3,(H,21,25)/b16-12-. The Kier molecular flexibility index (Phi) is 5.65. The number of carbonyl (C=O) groups excluding carboxylic acids is 3. The maximum absolute atomic E-state index is 13.0. The monoisotopic (exact) mass is 390 g/mol. The molecule has 0 aromatic carbocycles. The molecule has 2 heterocycles. The number of hydrogen-bond donors (Lipinski definition) is 1. The van der Waals surface area contributed by atoms with Gasteiger partial charge in [0, 0.05) is 9.75 Å². The Morgan fingerprint density at radius 3 is 2.07 bits per heavy atom. The van der Waals surface area contributed by atoms with Crippen molar-refractivity contribution in [1.29, 1.82) is 0 Å². The van der Waals surface area contributed by atoms with E-state index in [9.17, 15) is 14.4 Å². The van der Waals surface area contributed by atoms with Crippen molar-refractivity contribution in [3.8, 4) is 0 Å². The van der Waals surface area contributed by atoms with Gasteiger partial charge in [-0.1, -0.05) is 5.57 Å². The van der Waals surface area contributed by atoms with Gasteiger partial charge in [0.2, 0.25) is 0 Å². The van der Waals surface area contributed by atoms with E-state index in [2.05, 4.69) is 5.43 Å². The Morgan fingerprint density at radius 1 is 1.07 bits per heavy atom. The molecule has 1 N–H and O–H groups in total. The predicted molar refractivity (Wildman–Crippen MR) is 106 cm³/mol. The Balaban J connectivity index is 2.50. The van der Waals surface area contributed by atoms with Gasteiger partial charge in [-0.25, -0.2) is 10.2 Å². The Hall–Kier alpha value is -2.41. The van der Waals surface area contributed by atoms with Crippen LogP contribution in [0.4, 0.5) is 4.79 Å². The fourth-order valence-electron chi connectivity index (χ4n) is 2.97. The first-order valence-electron chi connectivity index (χ1n) is 8.68. The highest BCUT2D eigenvalue weighted by atomic mass is 32.1. The van der Waals surface area contributed by atoms with E-state index in [0.717, 1.165) is 25.9 Å². The first kappa shape index (κ1) is 20.9. The number of allylic oxidation sites excluding steroid dienone is 2. The fraction of sp³-hybridized carbons (Fsp3) is 0.450. The lowest BCUT2D eigenvalue weighted by atomic mass is 9.95. The number of ether oxygens (including phenoxy) is 1. The molecule has 2 rings (SSSR count). The van der Waals surface area contributed by atoms with Crippen LogP contribution in [0, 0.1) is 13.8 Å². The third-order valence-corrected chi connectivity index (χ3v) is 4.97. The second kappa shape index (κ2) is 7.31. The van der Waals surface area contributed by atoms with Gasteiger partial charge in [-0.3, -0.25) is 9.59 Å². The number of carbonyl (C=O) groups is 3. The van der Waals surface area contributed by atoms with Gasteiger partial charge in [0.15, 0.2) is 0 Å². The van der Waals surface area contributed by atoms with Gasteiger partial charge in [0.25, 0.3) is 11.8 Å². The average molecular weight is 391 g/mol. The molecule has 1 fully saturated rings. The van der Waals surface area contributed by atoms with Crippen molar-refractivity contribution >= 4 is 34.8 Å². The maximum atomic E-state index is 13.0. The van der Waals surface area contributed by atoms with Gasteiger partial charge in [-0.15, -0.1) is 11.3 Å². The maximum Gasteiger partial charge on any atom is 0.427 e. The quantitative estimate of drug-likeness (QED) is 0.604. The van der Waals surface area contributed by atoms with E-state index in [1.165, 1.54) is 0 Å². The van der Waals surface area contributed by atoms with Gasteiger partial charge >= 0.3 is 6.09 Å². The molecule has 0 atom stereocenters. The van der Waals surface area contributed by atoms with Crippen molar-refractivity contribution in [2.45, 2.75) is 61.0 Å². The summed E-state index contributed by atoms with van der Waals surface area (Å²) in [6, 6.07) is 2.01. The van der Waals surface area contributed by atoms with Crippen molar-refractivity contribution in [3.05, 3.63) is 38.1 Å². The van der Waals surface area contributed by atoms with Crippen molar-refractivity contribution in [2.75, 3.05) is 0 Å². The number of hydrogen-bond acceptors (Lipinski definition) is 5. The van der Waals surface area contributed by atoms with E-state index >= 15 is 0 Å². The van der Waals surface area contributed by atoms with Gasteiger partial charge in [-0.2, -0.15) is 5.01 Å². The normalized spacial score (nSPS) is 16.7. The zero-order chi connectivity index (χ0) is 20.7. The lowest BCUT2D eigenvalue weighted by Gasteiger charge is -2.22. The molecule has 3 amide bonds. The van der Waals surface area contributed by atoms with Crippen LogP contribution in [-0.4, -0.2) is 28.5 Å². The third-order valence-electron chi connectivity index (χ3n) is 4.01. The zero-order valence-electron chi connectivity index (χ0n) is 17.1. The van der Waals surface area contributed by atoms with Crippen LogP contribution < -0.4 is 5.43 Å². The van der Waals surface area contributed by atoms with E-state index in [0.29, 0.717) is 16.7 Å². The molecule has 0 bridgehead atoms. The number of aryl methyl sites for hydroxylation is 2. The van der Waals surface area contributed by atoms with E-state index in [-0.39, 0.29) is 0 Å². The summed E-state index contributed by atoms with van der Waals surface area (Å²) >= 11 is 1.64. The lowest BCUT2D eigenvalue weighted by molar-refractivity contribution is -0.140. The fourth-order valence-corrected chi connectivity index (χ4v) is 3.95. The SMILES string of the molecule is CC(C)=C1C(=O)N(NC(=O)OC(C)(C)C)C(=O)/C1=C(/C)c1cc(C)sc1C. The molecule has 0 saturated carbocycles. The number of thiophene rings is 1. The smallest absolute Gasteiger partial charge is 0.427 e. The van der Waals surface area contributed by atoms with Crippen molar-refractivity contribution in [1.82, 2.24) is 10.4 Å². The molecule has 0 aliphatic carbocycles. The molecule has 0 spiro atoms. The molecule has 1 aromatic heterocycles. The molecule has 1 aliphatic heterocycles. The molecule has 6 nitrogen and oxygen atoms in total. The molecular weight excluding hydrogens is 364 g/mol. The Morgan fingerprint density at radius 2 is 1.63 bits per heavy atom. The molecule has 1 aliphatic rings. The number of nitrogens with one attached hydrogen (secondary N) is 1. The summed E-state index contributed by atoms with van der Waals surface area (Å²) in [7, 11) is 0. The number of hydrazine groups is 1. The van der Waals surface area contributed by atoms with E-state index < -0.39 is 23.5 Å². The highest BCUT2D eigenvalue weighted by Crippen LogP contribution is 2.36. The lowest BCUT2D eigenvalue weighted by Crippen LogP contribution is -2.47. The van der Waals surface area contributed by atoms with E-state index in [4.69, 9.17) is 4.74 Å². The largest absolute Gasteiger partial charge is 0.443 e. The third kappa shape index (κ3) is 4.30. The van der Waals surface area contributed by atoms with Crippen LogP contribution in [0.2, 0.25) is 0 Å². The molecule has 0 radical (unpaired) electrons. The van der Waals surface area contributed by atoms with Gasteiger partial charge in [-0.05, 0) is 72.6 Å². The van der Waals surface area contributed by atoms with Gasteiger partial charge < -0.3 is 4.74 Å². The van der Waals surface area contributed by atoms with Crippen LogP contribution in [0.5, 0.6) is 0 Å². The zero-order valence-corrected chi connectivity index (χ0v) is 17.9. The number of imide groups is 1. The van der Waals surface area contributed by atoms with E-state index in [1.54, 1.807) is 46.0 Å². The van der Waals surface area contributed by atoms with Crippen LogP contribution in [0.1, 0.15) is 56.9 Å². The van der Waals surface area contributed by atoms with Gasteiger partial charge in [0.05, 0.1) is 11.1 Å². The summed E-state index contributed by atoms with van der Waals surface area (Å²) in [5.74, 6) is -1.10. The van der Waals surface area contributed by atoms with Crippen molar-refractivity contribution in [3.63, 3.8) is 0 Å². The summed E-state index contributed by atoms with van der Waals surface area (Å²) in [4.78, 5) is 40.1. The molecule has 7 heteroatoms. The predicted octanol–water partition coefficient (Wildman–Crippen LogP) is 4.28. The first-order valence-corrected chi connectivity index (χ1v) is 9.49. The van der Waals surface area contributed by atoms with Crippen molar-refractivity contribution < 1.29 is 19.1 Å². The van der Waals surface area contributed by atoms with Crippen molar-refractivity contribution in [2.24, 2.45) is 0 Å². The minimum Gasteiger partial charge on any atom is -0.443 e. The number of nitrogens with zero attached hydrogens (tertiary/aromatic N) is 1. The van der Waals surface area contributed by atoms with Crippen LogP contribution in [-0.2, 0) is 14.3 Å². The summed E-state index contributed by atoms with van der Waals surface area (Å²) in [6.45, 7) is 14.5. The summed E-state index contributed by atoms with van der Waals surface area (Å²) in [6.07, 6.45) is -0.848. The topological polar surface area (TPSA) is 75.7 Å². The first-order chi connectivity index (χ1) is 12.3. The minimum absolute atomic E-state index is 0.316. The second-order valence-corrected chi connectivity index (χ2v) is 9.22. The van der Waals surface area contributed by atoms with Gasteiger partial charge in [0.1, 0.15) is 5.60 Å². The second-order valence-electron chi connectivity index (χ2n) is 7.76. The minimum atomic E-state index is -0.848. The molecule has 146 valence electrons. The molecule has 1 aromatic rings. The highest BCUT2D eigenvalue weighted by molar-refractivity contribution is 7.12. The Bertz CT molecular complexity index is 880. The molecular formula is C20H26N2O4S. The summed E-state index contributed by atoms with van der Waals surface area (Å²) in [5.41, 5.74) is 4.54.